The van der Waals surface area contributed by atoms with Crippen molar-refractivity contribution in [2.45, 2.75) is 0 Å². The number of methoxy groups -OCH3 is 1. The number of nitrogens with zero attached hydrogens (tertiary/aromatic N) is 4. The van der Waals surface area contributed by atoms with Crippen LogP contribution < -0.4 is 15.4 Å². The Balaban J connectivity index is 1.69. The fourth-order valence-corrected chi connectivity index (χ4v) is 3.51. The molecule has 0 unspecified atom stereocenters. The van der Waals surface area contributed by atoms with Gasteiger partial charge in [-0.1, -0.05) is 6.08 Å². The second kappa shape index (κ2) is 10.1. The van der Waals surface area contributed by atoms with Gasteiger partial charge in [-0.05, 0) is 49.5 Å². The van der Waals surface area contributed by atoms with E-state index < -0.39 is 0 Å². The van der Waals surface area contributed by atoms with Crippen molar-refractivity contribution < 1.29 is 9.53 Å². The number of carbonyl (C=O) groups excluding carboxylic acids is 1. The third kappa shape index (κ3) is 5.21. The van der Waals surface area contributed by atoms with E-state index in [1.807, 2.05) is 50.4 Å². The average Bonchev–Trinajstić information content (AvgIpc) is 3.27. The zero-order chi connectivity index (χ0) is 24.1. The molecule has 0 spiro atoms. The summed E-state index contributed by atoms with van der Waals surface area (Å²) in [4.78, 5) is 30.8. The van der Waals surface area contributed by atoms with Crippen molar-refractivity contribution in [3.63, 3.8) is 0 Å². The van der Waals surface area contributed by atoms with E-state index in [1.54, 1.807) is 31.6 Å². The van der Waals surface area contributed by atoms with Gasteiger partial charge in [0.2, 0.25) is 11.8 Å². The molecule has 0 atom stereocenters. The highest BCUT2D eigenvalue weighted by atomic mass is 16.5. The highest BCUT2D eigenvalue weighted by Crippen LogP contribution is 2.33. The van der Waals surface area contributed by atoms with Gasteiger partial charge in [-0.25, -0.2) is 9.97 Å². The molecule has 34 heavy (non-hydrogen) atoms. The van der Waals surface area contributed by atoms with E-state index in [2.05, 4.69) is 36.6 Å². The fourth-order valence-electron chi connectivity index (χ4n) is 3.51. The molecule has 1 amide bonds. The molecule has 0 aromatic carbocycles. The predicted octanol–water partition coefficient (Wildman–Crippen LogP) is 3.79. The van der Waals surface area contributed by atoms with E-state index in [9.17, 15) is 4.79 Å². The Bertz CT molecular complexity index is 1340. The maximum Gasteiger partial charge on any atom is 0.249 e. The van der Waals surface area contributed by atoms with Crippen molar-refractivity contribution in [2.24, 2.45) is 0 Å². The summed E-state index contributed by atoms with van der Waals surface area (Å²) < 4.78 is 5.37. The van der Waals surface area contributed by atoms with Gasteiger partial charge in [-0.15, -0.1) is 0 Å². The molecule has 0 saturated carbocycles. The standard InChI is InChI=1S/C25H27N7O2/c1-26-21-11-16(7-8-27-21)20-15-29-25-19(20)10-18(14-28-25)17-12-22(31-24(13-17)34-4)30-23(33)6-5-9-32(2)3/h5-8,10-15H,9H2,1-4H3,(H,26,27)(H,28,29)(H,30,31,33)/b6-5+. The lowest BCUT2D eigenvalue weighted by Crippen LogP contribution is -2.13. The molecule has 0 aliphatic heterocycles. The number of hydrogen-bond donors (Lipinski definition) is 3. The van der Waals surface area contributed by atoms with Crippen LogP contribution in [0.15, 0.2) is 61.1 Å². The third-order valence-corrected chi connectivity index (χ3v) is 5.19. The van der Waals surface area contributed by atoms with E-state index in [0.29, 0.717) is 18.2 Å². The average molecular weight is 458 g/mol. The van der Waals surface area contributed by atoms with Crippen molar-refractivity contribution >= 4 is 28.6 Å². The first kappa shape index (κ1) is 22.9. The molecule has 9 nitrogen and oxygen atoms in total. The van der Waals surface area contributed by atoms with Gasteiger partial charge >= 0.3 is 0 Å². The normalized spacial score (nSPS) is 11.3. The summed E-state index contributed by atoms with van der Waals surface area (Å²) in [5.74, 6) is 1.33. The number of nitrogens with one attached hydrogen (secondary N) is 3. The molecular weight excluding hydrogens is 430 g/mol. The monoisotopic (exact) mass is 457 g/mol. The van der Waals surface area contributed by atoms with E-state index in [-0.39, 0.29) is 5.91 Å². The maximum absolute atomic E-state index is 12.3. The van der Waals surface area contributed by atoms with Crippen molar-refractivity contribution in [1.82, 2.24) is 24.8 Å². The molecule has 9 heteroatoms. The number of amides is 1. The summed E-state index contributed by atoms with van der Waals surface area (Å²) in [5, 5.41) is 6.85. The molecule has 4 aromatic heterocycles. The minimum absolute atomic E-state index is 0.256. The summed E-state index contributed by atoms with van der Waals surface area (Å²) in [6.07, 6.45) is 8.78. The molecule has 4 rings (SSSR count). The molecule has 0 radical (unpaired) electrons. The minimum Gasteiger partial charge on any atom is -0.481 e. The van der Waals surface area contributed by atoms with Crippen LogP contribution in [0.25, 0.3) is 33.3 Å². The zero-order valence-corrected chi connectivity index (χ0v) is 19.6. The molecule has 0 aliphatic rings. The smallest absolute Gasteiger partial charge is 0.249 e. The maximum atomic E-state index is 12.3. The first-order valence-corrected chi connectivity index (χ1v) is 10.8. The molecule has 3 N–H and O–H groups in total. The number of likely N-dealkylation sites (N-methyl/N-ethyl adjacent to an activating group) is 1. The largest absolute Gasteiger partial charge is 0.481 e. The number of pyridine rings is 3. The number of carbonyl (C=O) groups is 1. The van der Waals surface area contributed by atoms with Crippen molar-refractivity contribution in [1.29, 1.82) is 0 Å². The number of hydrogen-bond acceptors (Lipinski definition) is 7. The third-order valence-electron chi connectivity index (χ3n) is 5.19. The molecule has 0 bridgehead atoms. The van der Waals surface area contributed by atoms with Crippen LogP contribution in [0.5, 0.6) is 5.88 Å². The number of aromatic nitrogens is 4. The van der Waals surface area contributed by atoms with Crippen LogP contribution in [0.1, 0.15) is 0 Å². The summed E-state index contributed by atoms with van der Waals surface area (Å²) in [5.41, 5.74) is 4.52. The van der Waals surface area contributed by atoms with Crippen LogP contribution in [0, 0.1) is 0 Å². The Morgan fingerprint density at radius 1 is 1.12 bits per heavy atom. The fraction of sp³-hybridized carbons (Fsp3) is 0.200. The molecule has 0 aliphatic carbocycles. The van der Waals surface area contributed by atoms with Crippen LogP contribution in [0.4, 0.5) is 11.6 Å². The van der Waals surface area contributed by atoms with Gasteiger partial charge in [-0.2, -0.15) is 4.98 Å². The van der Waals surface area contributed by atoms with Crippen molar-refractivity contribution in [3.05, 3.63) is 61.1 Å². The second-order valence-corrected chi connectivity index (χ2v) is 7.94. The zero-order valence-electron chi connectivity index (χ0n) is 19.6. The Morgan fingerprint density at radius 2 is 1.94 bits per heavy atom. The van der Waals surface area contributed by atoms with Crippen LogP contribution in [-0.2, 0) is 4.79 Å². The summed E-state index contributed by atoms with van der Waals surface area (Å²) in [6.45, 7) is 0.669. The molecule has 4 aromatic rings. The number of H-pyrrole nitrogens is 1. The Hall–Kier alpha value is -4.24. The van der Waals surface area contributed by atoms with Crippen molar-refractivity contribution in [2.75, 3.05) is 45.4 Å². The van der Waals surface area contributed by atoms with Gasteiger partial charge in [0, 0.05) is 60.8 Å². The van der Waals surface area contributed by atoms with Gasteiger partial charge in [0.15, 0.2) is 0 Å². The highest BCUT2D eigenvalue weighted by Gasteiger charge is 2.12. The Labute approximate surface area is 197 Å². The predicted molar refractivity (Wildman–Crippen MR) is 135 cm³/mol. The first-order chi connectivity index (χ1) is 16.5. The minimum atomic E-state index is -0.256. The summed E-state index contributed by atoms with van der Waals surface area (Å²) >= 11 is 0. The van der Waals surface area contributed by atoms with Crippen LogP contribution in [0.2, 0.25) is 0 Å². The van der Waals surface area contributed by atoms with Crippen LogP contribution >= 0.6 is 0 Å². The van der Waals surface area contributed by atoms with Gasteiger partial charge in [0.05, 0.1) is 7.11 Å². The topological polar surface area (TPSA) is 108 Å². The Kier molecular flexibility index (Phi) is 6.84. The molecule has 4 heterocycles. The Morgan fingerprint density at radius 3 is 2.71 bits per heavy atom. The van der Waals surface area contributed by atoms with E-state index in [0.717, 1.165) is 39.1 Å². The van der Waals surface area contributed by atoms with E-state index >= 15 is 0 Å². The number of anilines is 2. The highest BCUT2D eigenvalue weighted by molar-refractivity contribution is 5.99. The van der Waals surface area contributed by atoms with E-state index in [1.165, 1.54) is 6.08 Å². The number of ether oxygens (including phenoxy) is 1. The number of aromatic amines is 1. The quantitative estimate of drug-likeness (QED) is 0.346. The van der Waals surface area contributed by atoms with Gasteiger partial charge in [-0.3, -0.25) is 4.79 Å². The van der Waals surface area contributed by atoms with Crippen LogP contribution in [0.3, 0.4) is 0 Å². The van der Waals surface area contributed by atoms with Crippen LogP contribution in [-0.4, -0.2) is 65.5 Å². The molecule has 174 valence electrons. The molecule has 0 fully saturated rings. The van der Waals surface area contributed by atoms with E-state index in [4.69, 9.17) is 4.74 Å². The number of fused-ring (bicyclic) bond motifs is 1. The lowest BCUT2D eigenvalue weighted by atomic mass is 10.0. The number of rotatable bonds is 8. The first-order valence-electron chi connectivity index (χ1n) is 10.8. The van der Waals surface area contributed by atoms with Gasteiger partial charge < -0.3 is 25.3 Å². The van der Waals surface area contributed by atoms with Gasteiger partial charge in [0.1, 0.15) is 17.3 Å². The summed E-state index contributed by atoms with van der Waals surface area (Å²) in [7, 11) is 7.26. The van der Waals surface area contributed by atoms with Crippen molar-refractivity contribution in [3.8, 4) is 28.1 Å². The summed E-state index contributed by atoms with van der Waals surface area (Å²) in [6, 6.07) is 9.63. The SMILES string of the molecule is CNc1cc(-c2c[nH]c3ncc(-c4cc(NC(=O)/C=C/CN(C)C)nc(OC)c4)cc23)ccn1. The van der Waals surface area contributed by atoms with Gasteiger partial charge in [0.25, 0.3) is 0 Å². The molecular formula is C25H27N7O2. The second-order valence-electron chi connectivity index (χ2n) is 7.94. The lowest BCUT2D eigenvalue weighted by Gasteiger charge is -2.09. The lowest BCUT2D eigenvalue weighted by molar-refractivity contribution is -0.111. The molecule has 0 saturated heterocycles.